The van der Waals surface area contributed by atoms with Crippen molar-refractivity contribution in [1.29, 1.82) is 0 Å². The van der Waals surface area contributed by atoms with Crippen molar-refractivity contribution in [3.05, 3.63) is 90.8 Å². The number of hydrogen-bond acceptors (Lipinski definition) is 4. The number of H-pyrrole nitrogens is 1. The first-order valence-corrected chi connectivity index (χ1v) is 11.0. The lowest BCUT2D eigenvalue weighted by Gasteiger charge is -2.10. The number of hydrogen-bond donors (Lipinski definition) is 2. The third-order valence-corrected chi connectivity index (χ3v) is 5.49. The fraction of sp³-hybridized carbons (Fsp3) is 0.111. The van der Waals surface area contributed by atoms with Crippen LogP contribution in [0, 0.1) is 0 Å². The summed E-state index contributed by atoms with van der Waals surface area (Å²) in [7, 11) is 0. The third kappa shape index (κ3) is 4.36. The molecule has 5 rings (SSSR count). The summed E-state index contributed by atoms with van der Waals surface area (Å²) in [4.78, 5) is 27.6. The molecule has 5 aromatic rings. The van der Waals surface area contributed by atoms with E-state index < -0.39 is 0 Å². The summed E-state index contributed by atoms with van der Waals surface area (Å²) in [6.45, 7) is 2.28. The number of nitrogens with zero attached hydrogens (tertiary/aromatic N) is 1. The number of aromatic amines is 1. The Balaban J connectivity index is 1.29. The van der Waals surface area contributed by atoms with Gasteiger partial charge in [-0.25, -0.2) is 0 Å². The second-order valence-electron chi connectivity index (χ2n) is 7.79. The predicted molar refractivity (Wildman–Crippen MR) is 131 cm³/mol. The molecule has 0 unspecified atom stereocenters. The Morgan fingerprint density at radius 2 is 1.79 bits per heavy atom. The van der Waals surface area contributed by atoms with Crippen LogP contribution in [-0.2, 0) is 16.1 Å². The Morgan fingerprint density at radius 1 is 0.971 bits per heavy atom. The molecule has 0 aliphatic carbocycles. The molecule has 170 valence electrons. The first-order chi connectivity index (χ1) is 16.6. The Morgan fingerprint density at radius 3 is 2.59 bits per heavy atom. The molecule has 2 heterocycles. The van der Waals surface area contributed by atoms with Gasteiger partial charge in [-0.3, -0.25) is 9.59 Å². The van der Waals surface area contributed by atoms with Gasteiger partial charge in [-0.1, -0.05) is 24.3 Å². The average molecular weight is 453 g/mol. The number of aromatic nitrogens is 2. The van der Waals surface area contributed by atoms with Crippen molar-refractivity contribution in [2.24, 2.45) is 0 Å². The molecule has 7 heteroatoms. The van der Waals surface area contributed by atoms with Gasteiger partial charge >= 0.3 is 5.97 Å². The molecule has 3 aromatic carbocycles. The number of amides is 1. The van der Waals surface area contributed by atoms with E-state index in [1.165, 1.54) is 0 Å². The molecule has 1 amide bonds. The summed E-state index contributed by atoms with van der Waals surface area (Å²) < 4.78 is 13.0. The molecule has 0 fully saturated rings. The van der Waals surface area contributed by atoms with Gasteiger partial charge in [-0.05, 0) is 61.5 Å². The zero-order chi connectivity index (χ0) is 23.5. The van der Waals surface area contributed by atoms with E-state index >= 15 is 0 Å². The number of ether oxygens (including phenoxy) is 2. The summed E-state index contributed by atoms with van der Waals surface area (Å²) >= 11 is 0. The van der Waals surface area contributed by atoms with Gasteiger partial charge in [-0.15, -0.1) is 0 Å². The molecule has 0 atom stereocenters. The van der Waals surface area contributed by atoms with Crippen molar-refractivity contribution in [3.63, 3.8) is 0 Å². The first kappa shape index (κ1) is 21.3. The fourth-order valence-corrected chi connectivity index (χ4v) is 3.90. The average Bonchev–Trinajstić information content (AvgIpc) is 3.46. The number of fused-ring (bicyclic) bond motifs is 2. The number of benzene rings is 3. The number of carbonyl (C=O) groups excluding carboxylic acids is 2. The van der Waals surface area contributed by atoms with Crippen LogP contribution >= 0.6 is 0 Å². The number of anilines is 1. The number of nitrogens with one attached hydrogen (secondary N) is 2. The van der Waals surface area contributed by atoms with Crippen LogP contribution in [0.1, 0.15) is 17.4 Å². The number of rotatable bonds is 7. The molecule has 0 bridgehead atoms. The van der Waals surface area contributed by atoms with Gasteiger partial charge in [0, 0.05) is 28.2 Å². The molecule has 0 saturated carbocycles. The number of carbonyl (C=O) groups is 2. The second kappa shape index (κ2) is 9.15. The largest absolute Gasteiger partial charge is 0.465 e. The lowest BCUT2D eigenvalue weighted by Crippen LogP contribution is -2.12. The normalized spacial score (nSPS) is 11.0. The molecule has 0 aliphatic heterocycles. The predicted octanol–water partition coefficient (Wildman–Crippen LogP) is 5.73. The van der Waals surface area contributed by atoms with Gasteiger partial charge in [0.05, 0.1) is 12.1 Å². The van der Waals surface area contributed by atoms with Gasteiger partial charge in [0.25, 0.3) is 5.91 Å². The van der Waals surface area contributed by atoms with Gasteiger partial charge in [0.1, 0.15) is 23.7 Å². The minimum Gasteiger partial charge on any atom is -0.465 e. The first-order valence-electron chi connectivity index (χ1n) is 11.0. The van der Waals surface area contributed by atoms with Crippen LogP contribution in [0.4, 0.5) is 5.69 Å². The van der Waals surface area contributed by atoms with Crippen LogP contribution in [0.2, 0.25) is 0 Å². The molecular formula is C27H23N3O4. The SMILES string of the molecule is CCOC(=O)Cn1ccc2c(Oc3ccc(NC(=O)c4cc5ccccc5[nH]4)cc3)cccc21. The maximum Gasteiger partial charge on any atom is 0.325 e. The number of esters is 1. The minimum absolute atomic E-state index is 0.144. The summed E-state index contributed by atoms with van der Waals surface area (Å²) in [5.74, 6) is 0.818. The Kier molecular flexibility index (Phi) is 5.74. The summed E-state index contributed by atoms with van der Waals surface area (Å²) in [5, 5.41) is 4.78. The lowest BCUT2D eigenvalue weighted by molar-refractivity contribution is -0.143. The highest BCUT2D eigenvalue weighted by molar-refractivity contribution is 6.05. The van der Waals surface area contributed by atoms with Gasteiger partial charge in [0.2, 0.25) is 0 Å². The van der Waals surface area contributed by atoms with E-state index in [0.29, 0.717) is 29.5 Å². The highest BCUT2D eigenvalue weighted by atomic mass is 16.5. The van der Waals surface area contributed by atoms with Crippen LogP contribution in [0.5, 0.6) is 11.5 Å². The quantitative estimate of drug-likeness (QED) is 0.308. The van der Waals surface area contributed by atoms with E-state index in [4.69, 9.17) is 9.47 Å². The van der Waals surface area contributed by atoms with Crippen LogP contribution in [0.25, 0.3) is 21.8 Å². The van der Waals surface area contributed by atoms with Gasteiger partial charge in [-0.2, -0.15) is 0 Å². The zero-order valence-corrected chi connectivity index (χ0v) is 18.6. The molecule has 0 radical (unpaired) electrons. The van der Waals surface area contributed by atoms with Crippen molar-refractivity contribution in [1.82, 2.24) is 9.55 Å². The van der Waals surface area contributed by atoms with Crippen molar-refractivity contribution in [3.8, 4) is 11.5 Å². The maximum atomic E-state index is 12.6. The molecule has 7 nitrogen and oxygen atoms in total. The smallest absolute Gasteiger partial charge is 0.325 e. The Labute approximate surface area is 195 Å². The lowest BCUT2D eigenvalue weighted by atomic mass is 10.2. The minimum atomic E-state index is -0.281. The Bertz CT molecular complexity index is 1450. The molecular weight excluding hydrogens is 430 g/mol. The van der Waals surface area contributed by atoms with Gasteiger partial charge in [0.15, 0.2) is 0 Å². The van der Waals surface area contributed by atoms with Crippen LogP contribution in [0.3, 0.4) is 0 Å². The van der Waals surface area contributed by atoms with E-state index in [-0.39, 0.29) is 18.4 Å². The van der Waals surface area contributed by atoms with E-state index in [1.54, 1.807) is 31.2 Å². The van der Waals surface area contributed by atoms with E-state index in [9.17, 15) is 9.59 Å². The third-order valence-electron chi connectivity index (χ3n) is 5.49. The van der Waals surface area contributed by atoms with Crippen molar-refractivity contribution in [2.45, 2.75) is 13.5 Å². The maximum absolute atomic E-state index is 12.6. The van der Waals surface area contributed by atoms with Crippen molar-refractivity contribution >= 4 is 39.4 Å². The van der Waals surface area contributed by atoms with E-state index in [1.807, 2.05) is 65.4 Å². The van der Waals surface area contributed by atoms with Crippen LogP contribution < -0.4 is 10.1 Å². The van der Waals surface area contributed by atoms with E-state index in [2.05, 4.69) is 10.3 Å². The Hall–Kier alpha value is -4.52. The van der Waals surface area contributed by atoms with Crippen LogP contribution in [0.15, 0.2) is 85.1 Å². The highest BCUT2D eigenvalue weighted by Gasteiger charge is 2.12. The summed E-state index contributed by atoms with van der Waals surface area (Å²) in [5.41, 5.74) is 2.96. The highest BCUT2D eigenvalue weighted by Crippen LogP contribution is 2.31. The topological polar surface area (TPSA) is 85.3 Å². The van der Waals surface area contributed by atoms with Crippen molar-refractivity contribution < 1.29 is 19.1 Å². The van der Waals surface area contributed by atoms with Crippen molar-refractivity contribution in [2.75, 3.05) is 11.9 Å². The zero-order valence-electron chi connectivity index (χ0n) is 18.6. The molecule has 0 aliphatic rings. The molecule has 0 saturated heterocycles. The summed E-state index contributed by atoms with van der Waals surface area (Å²) in [6, 6.07) is 24.4. The van der Waals surface area contributed by atoms with Crippen LogP contribution in [-0.4, -0.2) is 28.0 Å². The number of para-hydroxylation sites is 1. The standard InChI is InChI=1S/C27H23N3O4/c1-2-33-26(31)17-30-15-14-21-24(30)8-5-9-25(21)34-20-12-10-19(11-13-20)28-27(32)23-16-18-6-3-4-7-22(18)29-23/h3-16,29H,2,17H2,1H3,(H,28,32). The summed E-state index contributed by atoms with van der Waals surface area (Å²) in [6.07, 6.45) is 1.84. The molecule has 2 aromatic heterocycles. The van der Waals surface area contributed by atoms with E-state index in [0.717, 1.165) is 21.8 Å². The fourth-order valence-electron chi connectivity index (χ4n) is 3.90. The molecule has 34 heavy (non-hydrogen) atoms. The second-order valence-corrected chi connectivity index (χ2v) is 7.79. The molecule has 0 spiro atoms. The molecule has 2 N–H and O–H groups in total. The monoisotopic (exact) mass is 453 g/mol. The van der Waals surface area contributed by atoms with Gasteiger partial charge < -0.3 is 24.3 Å².